The van der Waals surface area contributed by atoms with Gasteiger partial charge in [0.05, 0.1) is 16.5 Å². The number of piperazine rings is 1. The van der Waals surface area contributed by atoms with Crippen LogP contribution in [0, 0.1) is 11.6 Å². The van der Waals surface area contributed by atoms with Crippen molar-refractivity contribution in [3.8, 4) is 0 Å². The van der Waals surface area contributed by atoms with Gasteiger partial charge in [-0.1, -0.05) is 18.2 Å². The number of benzene rings is 1. The highest BCUT2D eigenvalue weighted by atomic mass is 19.1. The molecule has 206 valence electrons. The van der Waals surface area contributed by atoms with Crippen molar-refractivity contribution in [1.82, 2.24) is 19.8 Å². The first-order valence-electron chi connectivity index (χ1n) is 13.4. The third kappa shape index (κ3) is 3.94. The Bertz CT molecular complexity index is 1570. The zero-order valence-corrected chi connectivity index (χ0v) is 23.0. The molecule has 2 aliphatic heterocycles. The van der Waals surface area contributed by atoms with E-state index in [1.165, 1.54) is 12.1 Å². The maximum atomic E-state index is 14.2. The van der Waals surface area contributed by atoms with Crippen LogP contribution < -0.4 is 5.32 Å². The lowest BCUT2D eigenvalue weighted by molar-refractivity contribution is -0.159. The number of nitrogens with one attached hydrogen (secondary N) is 1. The number of hydrogen-bond donors (Lipinski definition) is 1. The summed E-state index contributed by atoms with van der Waals surface area (Å²) in [7, 11) is 1.85. The van der Waals surface area contributed by atoms with Crippen LogP contribution in [0.2, 0.25) is 0 Å². The second-order valence-electron chi connectivity index (χ2n) is 11.8. The highest BCUT2D eigenvalue weighted by molar-refractivity contribution is 6.06. The van der Waals surface area contributed by atoms with Crippen LogP contribution >= 0.6 is 0 Å². The van der Waals surface area contributed by atoms with E-state index in [1.807, 2.05) is 63.1 Å². The first kappa shape index (κ1) is 26.3. The first-order chi connectivity index (χ1) is 18.9. The monoisotopic (exact) mass is 542 g/mol. The normalized spacial score (nSPS) is 25.5. The molecule has 9 heteroatoms. The van der Waals surface area contributed by atoms with Gasteiger partial charge in [-0.05, 0) is 75.2 Å². The van der Waals surface area contributed by atoms with Crippen LogP contribution in [0.3, 0.4) is 0 Å². The van der Waals surface area contributed by atoms with Gasteiger partial charge in [-0.3, -0.25) is 19.5 Å². The third-order valence-corrected chi connectivity index (χ3v) is 8.98. The van der Waals surface area contributed by atoms with Gasteiger partial charge in [-0.25, -0.2) is 13.8 Å². The first-order valence-corrected chi connectivity index (χ1v) is 13.4. The van der Waals surface area contributed by atoms with E-state index in [1.54, 1.807) is 17.3 Å². The summed E-state index contributed by atoms with van der Waals surface area (Å²) in [6.45, 7) is 6.20. The average Bonchev–Trinajstić information content (AvgIpc) is 3.41. The van der Waals surface area contributed by atoms with Gasteiger partial charge in [0.1, 0.15) is 17.5 Å². The molecule has 1 aromatic carbocycles. The average molecular weight is 543 g/mol. The van der Waals surface area contributed by atoms with Crippen LogP contribution in [-0.2, 0) is 33.4 Å². The number of halogens is 2. The summed E-state index contributed by atoms with van der Waals surface area (Å²) < 4.78 is 28.4. The molecule has 2 amide bonds. The van der Waals surface area contributed by atoms with E-state index in [0.717, 1.165) is 28.5 Å². The van der Waals surface area contributed by atoms with E-state index >= 15 is 0 Å². The van der Waals surface area contributed by atoms with E-state index < -0.39 is 28.1 Å². The highest BCUT2D eigenvalue weighted by Gasteiger charge is 2.52. The van der Waals surface area contributed by atoms with Gasteiger partial charge in [0.25, 0.3) is 0 Å². The summed E-state index contributed by atoms with van der Waals surface area (Å²) in [4.78, 5) is 39.3. The molecule has 2 atom stereocenters. The molecule has 1 aliphatic carbocycles. The second kappa shape index (κ2) is 9.02. The van der Waals surface area contributed by atoms with Crippen molar-refractivity contribution in [1.29, 1.82) is 0 Å². The van der Waals surface area contributed by atoms with E-state index in [2.05, 4.69) is 15.3 Å². The zero-order chi connectivity index (χ0) is 28.4. The summed E-state index contributed by atoms with van der Waals surface area (Å²) in [5.41, 5.74) is 1.62. The number of likely N-dealkylation sites (N-methyl/N-ethyl adjacent to an activating group) is 1. The number of carbonyl (C=O) groups is 2. The molecule has 0 unspecified atom stereocenters. The van der Waals surface area contributed by atoms with Gasteiger partial charge in [0.2, 0.25) is 11.8 Å². The van der Waals surface area contributed by atoms with Crippen molar-refractivity contribution in [2.75, 3.05) is 25.5 Å². The molecule has 6 rings (SSSR count). The minimum absolute atomic E-state index is 0.0550. The van der Waals surface area contributed by atoms with Crippen molar-refractivity contribution in [3.63, 3.8) is 0 Å². The van der Waals surface area contributed by atoms with Crippen LogP contribution in [-0.4, -0.2) is 57.3 Å². The Kier molecular flexibility index (Phi) is 5.92. The van der Waals surface area contributed by atoms with Crippen LogP contribution in [0.25, 0.3) is 6.08 Å². The molecular formula is C31H31F2N5O2. The molecule has 0 bridgehead atoms. The van der Waals surface area contributed by atoms with Gasteiger partial charge in [0.15, 0.2) is 0 Å². The Morgan fingerprint density at radius 2 is 1.80 bits per heavy atom. The van der Waals surface area contributed by atoms with Gasteiger partial charge < -0.3 is 10.2 Å². The number of carbonyl (C=O) groups excluding carboxylic acids is 2. The lowest BCUT2D eigenvalue weighted by Gasteiger charge is -2.54. The zero-order valence-electron chi connectivity index (χ0n) is 23.0. The van der Waals surface area contributed by atoms with Crippen LogP contribution in [0.4, 0.5) is 14.6 Å². The third-order valence-electron chi connectivity index (χ3n) is 8.98. The fraction of sp³-hybridized carbons (Fsp3) is 0.355. The van der Waals surface area contributed by atoms with Crippen LogP contribution in [0.15, 0.2) is 54.9 Å². The van der Waals surface area contributed by atoms with Crippen molar-refractivity contribution < 1.29 is 18.4 Å². The Morgan fingerprint density at radius 3 is 2.55 bits per heavy atom. The summed E-state index contributed by atoms with van der Waals surface area (Å²) >= 11 is 0. The number of nitrogens with zero attached hydrogens (tertiary/aromatic N) is 4. The fourth-order valence-corrected chi connectivity index (χ4v) is 6.38. The predicted molar refractivity (Wildman–Crippen MR) is 147 cm³/mol. The minimum atomic E-state index is -0.950. The lowest BCUT2D eigenvalue weighted by Crippen LogP contribution is -2.69. The number of rotatable bonds is 4. The Labute approximate surface area is 231 Å². The predicted octanol–water partition coefficient (Wildman–Crippen LogP) is 4.22. The molecule has 3 aromatic rings. The molecule has 7 nitrogen and oxygen atoms in total. The number of aromatic nitrogens is 2. The molecule has 0 saturated carbocycles. The summed E-state index contributed by atoms with van der Waals surface area (Å²) in [5.74, 6) is -0.931. The quantitative estimate of drug-likeness (QED) is 0.534. The Hall–Kier alpha value is -3.98. The molecule has 1 saturated heterocycles. The maximum Gasteiger partial charge on any atom is 0.243 e. The maximum absolute atomic E-state index is 14.2. The van der Waals surface area contributed by atoms with Crippen molar-refractivity contribution in [2.45, 2.75) is 50.1 Å². The molecule has 3 aliphatic rings. The molecule has 1 N–H and O–H groups in total. The molecule has 1 fully saturated rings. The number of amides is 2. The second-order valence-corrected chi connectivity index (χ2v) is 11.8. The van der Waals surface area contributed by atoms with Crippen LogP contribution in [0.5, 0.6) is 0 Å². The number of pyridine rings is 2. The topological polar surface area (TPSA) is 78.4 Å². The molecule has 4 heterocycles. The van der Waals surface area contributed by atoms with Gasteiger partial charge >= 0.3 is 0 Å². The number of fused-ring (bicyclic) bond motifs is 3. The largest absolute Gasteiger partial charge is 0.327 e. The van der Waals surface area contributed by atoms with Crippen molar-refractivity contribution in [3.05, 3.63) is 94.5 Å². The number of anilines is 1. The van der Waals surface area contributed by atoms with Crippen molar-refractivity contribution in [2.24, 2.45) is 0 Å². The Morgan fingerprint density at radius 1 is 1.05 bits per heavy atom. The van der Waals surface area contributed by atoms with E-state index in [9.17, 15) is 18.4 Å². The highest BCUT2D eigenvalue weighted by Crippen LogP contribution is 2.46. The van der Waals surface area contributed by atoms with Gasteiger partial charge in [-0.2, -0.15) is 0 Å². The smallest absolute Gasteiger partial charge is 0.243 e. The fourth-order valence-electron chi connectivity index (χ4n) is 6.38. The van der Waals surface area contributed by atoms with E-state index in [-0.39, 0.29) is 18.4 Å². The number of hydrogen-bond acceptors (Lipinski definition) is 5. The molecule has 1 spiro atoms. The molecule has 0 radical (unpaired) electrons. The Balaban J connectivity index is 1.27. The van der Waals surface area contributed by atoms with Crippen LogP contribution in [0.1, 0.15) is 48.7 Å². The molecular weight excluding hydrogens is 511 g/mol. The molecule has 40 heavy (non-hydrogen) atoms. The lowest BCUT2D eigenvalue weighted by atomic mass is 9.80. The standard InChI is InChI=1S/C31H31F2N5O2/c1-29(2)28(40)38(30(3,18-37(29)4)21-12-22(32)14-23(33)13-21)10-6-7-19-11-20-15-31(16-25(20)35-17-19)24-8-5-9-34-26(24)36-27(31)39/h5-9,11-14,17H,10,15-16,18H2,1-4H3,(H,34,36,39)/t30-,31-/m0/s1/i4-1. The summed E-state index contributed by atoms with van der Waals surface area (Å²) in [5, 5.41) is 2.91. The summed E-state index contributed by atoms with van der Waals surface area (Å²) in [6, 6.07) is 9.26. The SMILES string of the molecule is CC1(C)C(=O)N(CC=Cc2cnc3c(c2)C[C@@]2(C3)C(=O)Nc3ncccc32)[C@](C)(c2cc(F)cc(F)c2)CN1[11CH3]. The van der Waals surface area contributed by atoms with Crippen molar-refractivity contribution >= 4 is 23.7 Å². The molecule has 2 aromatic heterocycles. The van der Waals surface area contributed by atoms with Gasteiger partial charge in [0, 0.05) is 49.2 Å². The summed E-state index contributed by atoms with van der Waals surface area (Å²) in [6.07, 6.45) is 8.27. The minimum Gasteiger partial charge on any atom is -0.327 e. The van der Waals surface area contributed by atoms with E-state index in [0.29, 0.717) is 30.8 Å². The van der Waals surface area contributed by atoms with E-state index in [4.69, 9.17) is 0 Å². The van der Waals surface area contributed by atoms with Gasteiger partial charge in [-0.15, -0.1) is 0 Å².